The second-order valence-electron chi connectivity index (χ2n) is 3.56. The van der Waals surface area contributed by atoms with Crippen molar-refractivity contribution < 1.29 is 9.59 Å². The molecular formula is C11H13N3O2. The van der Waals surface area contributed by atoms with Crippen LogP contribution in [0.5, 0.6) is 0 Å². The number of nitrogens with one attached hydrogen (secondary N) is 1. The molecular weight excluding hydrogens is 206 g/mol. The molecule has 0 unspecified atom stereocenters. The van der Waals surface area contributed by atoms with Crippen LogP contribution in [0.4, 0.5) is 11.4 Å². The number of amides is 2. The molecule has 1 aromatic rings. The topological polar surface area (TPSA) is 75.4 Å². The summed E-state index contributed by atoms with van der Waals surface area (Å²) in [6.45, 7) is 0.321. The molecule has 1 aromatic carbocycles. The number of carbonyl (C=O) groups is 2. The van der Waals surface area contributed by atoms with E-state index in [0.29, 0.717) is 24.3 Å². The number of anilines is 2. The van der Waals surface area contributed by atoms with E-state index in [1.165, 1.54) is 0 Å². The smallest absolute Gasteiger partial charge is 0.240 e. The van der Waals surface area contributed by atoms with Crippen LogP contribution in [0, 0.1) is 0 Å². The van der Waals surface area contributed by atoms with Gasteiger partial charge in [0.15, 0.2) is 0 Å². The number of fused-ring (bicyclic) bond motifs is 1. The molecule has 0 saturated carbocycles. The number of nitrogens with two attached hydrogens (primary N) is 1. The Morgan fingerprint density at radius 1 is 1.44 bits per heavy atom. The Morgan fingerprint density at radius 2 is 2.19 bits per heavy atom. The van der Waals surface area contributed by atoms with Gasteiger partial charge in [0.1, 0.15) is 0 Å². The van der Waals surface area contributed by atoms with Crippen molar-refractivity contribution in [3.8, 4) is 0 Å². The number of hydrogen-bond donors (Lipinski definition) is 2. The Morgan fingerprint density at radius 3 is 2.94 bits per heavy atom. The highest BCUT2D eigenvalue weighted by molar-refractivity contribution is 6.04. The van der Waals surface area contributed by atoms with E-state index >= 15 is 0 Å². The van der Waals surface area contributed by atoms with Crippen LogP contribution in [0.3, 0.4) is 0 Å². The maximum Gasteiger partial charge on any atom is 0.240 e. The van der Waals surface area contributed by atoms with Gasteiger partial charge in [-0.05, 0) is 12.1 Å². The SMILES string of the molecule is NCC(=O)N1CCC(=O)Nc2ccccc21. The van der Waals surface area contributed by atoms with Gasteiger partial charge in [0.05, 0.1) is 17.9 Å². The highest BCUT2D eigenvalue weighted by atomic mass is 16.2. The van der Waals surface area contributed by atoms with E-state index in [1.54, 1.807) is 17.0 Å². The van der Waals surface area contributed by atoms with E-state index in [1.807, 2.05) is 12.1 Å². The number of benzene rings is 1. The van der Waals surface area contributed by atoms with Crippen molar-refractivity contribution >= 4 is 23.2 Å². The molecule has 84 valence electrons. The van der Waals surface area contributed by atoms with Gasteiger partial charge in [-0.1, -0.05) is 12.1 Å². The lowest BCUT2D eigenvalue weighted by molar-refractivity contribution is -0.117. The van der Waals surface area contributed by atoms with Crippen LogP contribution in [-0.2, 0) is 9.59 Å². The van der Waals surface area contributed by atoms with E-state index in [0.717, 1.165) is 0 Å². The maximum atomic E-state index is 11.7. The third-order valence-electron chi connectivity index (χ3n) is 2.51. The summed E-state index contributed by atoms with van der Waals surface area (Å²) in [4.78, 5) is 24.6. The summed E-state index contributed by atoms with van der Waals surface area (Å²) in [6, 6.07) is 7.21. The highest BCUT2D eigenvalue weighted by Crippen LogP contribution is 2.28. The van der Waals surface area contributed by atoms with Crippen molar-refractivity contribution in [2.75, 3.05) is 23.3 Å². The van der Waals surface area contributed by atoms with Crippen molar-refractivity contribution in [2.45, 2.75) is 6.42 Å². The van der Waals surface area contributed by atoms with Gasteiger partial charge in [0.2, 0.25) is 11.8 Å². The Kier molecular flexibility index (Phi) is 2.87. The molecule has 1 aliphatic rings. The Bertz CT molecular complexity index is 431. The van der Waals surface area contributed by atoms with Gasteiger partial charge >= 0.3 is 0 Å². The Hall–Kier alpha value is -1.88. The second-order valence-corrected chi connectivity index (χ2v) is 3.56. The van der Waals surface area contributed by atoms with Gasteiger partial charge in [-0.3, -0.25) is 9.59 Å². The molecule has 2 rings (SSSR count). The first-order valence-corrected chi connectivity index (χ1v) is 5.11. The zero-order chi connectivity index (χ0) is 11.5. The Labute approximate surface area is 93.2 Å². The van der Waals surface area contributed by atoms with Crippen molar-refractivity contribution in [3.63, 3.8) is 0 Å². The summed E-state index contributed by atoms with van der Waals surface area (Å²) in [6.07, 6.45) is 0.292. The molecule has 5 nitrogen and oxygen atoms in total. The third-order valence-corrected chi connectivity index (χ3v) is 2.51. The minimum Gasteiger partial charge on any atom is -0.324 e. The van der Waals surface area contributed by atoms with E-state index in [4.69, 9.17) is 5.73 Å². The summed E-state index contributed by atoms with van der Waals surface area (Å²) in [5.74, 6) is -0.260. The number of carbonyl (C=O) groups excluding carboxylic acids is 2. The van der Waals surface area contributed by atoms with Crippen LogP contribution < -0.4 is 16.0 Å². The lowest BCUT2D eigenvalue weighted by Gasteiger charge is -2.21. The molecule has 5 heteroatoms. The average molecular weight is 219 g/mol. The number of para-hydroxylation sites is 2. The van der Waals surface area contributed by atoms with E-state index < -0.39 is 0 Å². The Balaban J connectivity index is 2.42. The number of hydrogen-bond acceptors (Lipinski definition) is 3. The predicted octanol–water partition coefficient (Wildman–Crippen LogP) is 0.321. The molecule has 0 bridgehead atoms. The molecule has 0 spiro atoms. The number of rotatable bonds is 1. The van der Waals surface area contributed by atoms with E-state index in [-0.39, 0.29) is 18.4 Å². The molecule has 3 N–H and O–H groups in total. The third kappa shape index (κ3) is 1.90. The largest absolute Gasteiger partial charge is 0.324 e. The van der Waals surface area contributed by atoms with Crippen LogP contribution in [0.25, 0.3) is 0 Å². The fourth-order valence-electron chi connectivity index (χ4n) is 1.73. The van der Waals surface area contributed by atoms with Crippen LogP contribution in [0.2, 0.25) is 0 Å². The summed E-state index contributed by atoms with van der Waals surface area (Å²) < 4.78 is 0. The van der Waals surface area contributed by atoms with Gasteiger partial charge in [-0.25, -0.2) is 0 Å². The molecule has 2 amide bonds. The summed E-state index contributed by atoms with van der Waals surface area (Å²) >= 11 is 0. The van der Waals surface area contributed by atoms with Gasteiger partial charge in [-0.2, -0.15) is 0 Å². The van der Waals surface area contributed by atoms with E-state index in [2.05, 4.69) is 5.32 Å². The van der Waals surface area contributed by atoms with Gasteiger partial charge in [0, 0.05) is 13.0 Å². The first-order valence-electron chi connectivity index (χ1n) is 5.11. The van der Waals surface area contributed by atoms with Crippen LogP contribution >= 0.6 is 0 Å². The quantitative estimate of drug-likeness (QED) is 0.714. The van der Waals surface area contributed by atoms with Crippen LogP contribution in [0.15, 0.2) is 24.3 Å². The van der Waals surface area contributed by atoms with Crippen molar-refractivity contribution in [1.29, 1.82) is 0 Å². The van der Waals surface area contributed by atoms with Gasteiger partial charge < -0.3 is 16.0 Å². The fraction of sp³-hybridized carbons (Fsp3) is 0.273. The van der Waals surface area contributed by atoms with E-state index in [9.17, 15) is 9.59 Å². The molecule has 1 aliphatic heterocycles. The van der Waals surface area contributed by atoms with Crippen molar-refractivity contribution in [1.82, 2.24) is 0 Å². The van der Waals surface area contributed by atoms with Gasteiger partial charge in [0.25, 0.3) is 0 Å². The van der Waals surface area contributed by atoms with Crippen molar-refractivity contribution in [3.05, 3.63) is 24.3 Å². The molecule has 0 saturated heterocycles. The predicted molar refractivity (Wildman–Crippen MR) is 61.1 cm³/mol. The fourth-order valence-corrected chi connectivity index (χ4v) is 1.73. The summed E-state index contributed by atoms with van der Waals surface area (Å²) in [5.41, 5.74) is 6.72. The van der Waals surface area contributed by atoms with Gasteiger partial charge in [-0.15, -0.1) is 0 Å². The lowest BCUT2D eigenvalue weighted by atomic mass is 10.2. The monoisotopic (exact) mass is 219 g/mol. The number of nitrogens with zero attached hydrogens (tertiary/aromatic N) is 1. The minimum absolute atomic E-state index is 0.0531. The molecule has 0 aliphatic carbocycles. The highest BCUT2D eigenvalue weighted by Gasteiger charge is 2.22. The summed E-state index contributed by atoms with van der Waals surface area (Å²) in [7, 11) is 0. The zero-order valence-corrected chi connectivity index (χ0v) is 8.77. The van der Waals surface area contributed by atoms with Crippen LogP contribution in [-0.4, -0.2) is 24.9 Å². The average Bonchev–Trinajstić information content (AvgIpc) is 2.46. The minimum atomic E-state index is -0.177. The first kappa shape index (κ1) is 10.6. The lowest BCUT2D eigenvalue weighted by Crippen LogP contribution is -2.36. The molecule has 0 aromatic heterocycles. The maximum absolute atomic E-state index is 11.7. The standard InChI is InChI=1S/C11H13N3O2/c12-7-11(16)14-6-5-10(15)13-8-3-1-2-4-9(8)14/h1-4H,5-7,12H2,(H,13,15). The molecule has 16 heavy (non-hydrogen) atoms. The van der Waals surface area contributed by atoms with Crippen molar-refractivity contribution in [2.24, 2.45) is 5.73 Å². The summed E-state index contributed by atoms with van der Waals surface area (Å²) in [5, 5.41) is 2.76. The second kappa shape index (κ2) is 4.32. The normalized spacial score (nSPS) is 15.1. The molecule has 0 atom stereocenters. The first-order chi connectivity index (χ1) is 7.72. The molecule has 1 heterocycles. The zero-order valence-electron chi connectivity index (χ0n) is 8.77. The van der Waals surface area contributed by atoms with Crippen LogP contribution in [0.1, 0.15) is 6.42 Å². The molecule has 0 fully saturated rings. The molecule has 0 radical (unpaired) electrons.